The van der Waals surface area contributed by atoms with Crippen LogP contribution < -0.4 is 5.32 Å². The van der Waals surface area contributed by atoms with Gasteiger partial charge in [-0.2, -0.15) is 5.10 Å². The minimum Gasteiger partial charge on any atom is -0.321 e. The molecule has 4 aromatic rings. The van der Waals surface area contributed by atoms with Gasteiger partial charge in [-0.05, 0) is 60.2 Å². The molecule has 0 spiro atoms. The topological polar surface area (TPSA) is 59.3 Å². The highest BCUT2D eigenvalue weighted by Gasteiger charge is 2.15. The van der Waals surface area contributed by atoms with Crippen LogP contribution in [0, 0.1) is 6.92 Å². The highest BCUT2D eigenvalue weighted by atomic mass is 35.5. The third kappa shape index (κ3) is 4.42. The molecule has 0 unspecified atom stereocenters. The molecule has 1 N–H and O–H groups in total. The summed E-state index contributed by atoms with van der Waals surface area (Å²) in [6.07, 6.45) is 13.2. The molecule has 0 saturated heterocycles. The van der Waals surface area contributed by atoms with Gasteiger partial charge in [0.1, 0.15) is 0 Å². The monoisotopic (exact) mass is 460 g/mol. The number of amides is 1. The molecule has 0 fully saturated rings. The van der Waals surface area contributed by atoms with Crippen molar-refractivity contribution in [1.29, 1.82) is 0 Å². The number of anilines is 1. The van der Waals surface area contributed by atoms with Crippen molar-refractivity contribution in [2.24, 2.45) is 0 Å². The molecule has 0 aliphatic heterocycles. The van der Waals surface area contributed by atoms with Gasteiger partial charge in [-0.1, -0.05) is 42.5 Å². The lowest BCUT2D eigenvalue weighted by atomic mass is 10.1. The van der Waals surface area contributed by atoms with Crippen LogP contribution >= 0.6 is 22.9 Å². The van der Waals surface area contributed by atoms with Crippen molar-refractivity contribution in [1.82, 2.24) is 14.6 Å². The Morgan fingerprint density at radius 2 is 2.12 bits per heavy atom. The lowest BCUT2D eigenvalue weighted by molar-refractivity contribution is 0.103. The summed E-state index contributed by atoms with van der Waals surface area (Å²) in [5.41, 5.74) is 5.99. The van der Waals surface area contributed by atoms with Crippen LogP contribution in [0.15, 0.2) is 79.1 Å². The van der Waals surface area contributed by atoms with Crippen LogP contribution in [0.25, 0.3) is 22.3 Å². The van der Waals surface area contributed by atoms with Gasteiger partial charge in [0.25, 0.3) is 5.91 Å². The van der Waals surface area contributed by atoms with Crippen molar-refractivity contribution in [2.75, 3.05) is 5.32 Å². The number of allylic oxidation sites excluding steroid dienone is 5. The average molecular weight is 461 g/mol. The first-order valence-corrected chi connectivity index (χ1v) is 11.2. The number of carbonyl (C=O) groups excluding carboxylic acids is 1. The first-order valence-electron chi connectivity index (χ1n) is 9.95. The molecule has 4 rings (SSSR count). The molecule has 0 aliphatic carbocycles. The molecule has 0 saturated carbocycles. The van der Waals surface area contributed by atoms with E-state index in [9.17, 15) is 4.79 Å². The molecule has 160 valence electrons. The Balaban J connectivity index is 1.59. The molecule has 5 nitrogen and oxygen atoms in total. The van der Waals surface area contributed by atoms with E-state index in [2.05, 4.69) is 22.0 Å². The number of aryl methyl sites for hydroxylation is 1. The molecule has 1 amide bonds. The third-order valence-corrected chi connectivity index (χ3v) is 6.28. The van der Waals surface area contributed by atoms with E-state index in [1.807, 2.05) is 55.8 Å². The van der Waals surface area contributed by atoms with Crippen LogP contribution in [0.3, 0.4) is 0 Å². The summed E-state index contributed by atoms with van der Waals surface area (Å²) in [5, 5.41) is 9.99. The molecule has 0 bridgehead atoms. The predicted octanol–water partition coefficient (Wildman–Crippen LogP) is 6.82. The molecule has 0 radical (unpaired) electrons. The highest BCUT2D eigenvalue weighted by molar-refractivity contribution is 7.12. The number of carbonyl (C=O) groups is 1. The summed E-state index contributed by atoms with van der Waals surface area (Å²) in [7, 11) is 0. The fourth-order valence-corrected chi connectivity index (χ4v) is 4.14. The molecule has 0 aliphatic rings. The number of thiophene rings is 1. The van der Waals surface area contributed by atoms with Crippen molar-refractivity contribution in [3.8, 4) is 11.1 Å². The first kappa shape index (κ1) is 21.7. The Morgan fingerprint density at radius 3 is 2.88 bits per heavy atom. The summed E-state index contributed by atoms with van der Waals surface area (Å²) in [4.78, 5) is 17.9. The zero-order valence-corrected chi connectivity index (χ0v) is 19.2. The lowest BCUT2D eigenvalue weighted by Gasteiger charge is -2.05. The Kier molecular flexibility index (Phi) is 6.35. The minimum atomic E-state index is -0.167. The van der Waals surface area contributed by atoms with Crippen LogP contribution in [0.1, 0.15) is 27.7 Å². The van der Waals surface area contributed by atoms with E-state index >= 15 is 0 Å². The maximum Gasteiger partial charge on any atom is 0.265 e. The fourth-order valence-electron chi connectivity index (χ4n) is 3.22. The zero-order valence-electron chi connectivity index (χ0n) is 17.7. The first-order chi connectivity index (χ1) is 15.5. The van der Waals surface area contributed by atoms with Gasteiger partial charge >= 0.3 is 0 Å². The van der Waals surface area contributed by atoms with E-state index in [4.69, 9.17) is 11.6 Å². The van der Waals surface area contributed by atoms with Gasteiger partial charge in [0, 0.05) is 34.2 Å². The molecule has 7 heteroatoms. The van der Waals surface area contributed by atoms with Gasteiger partial charge < -0.3 is 5.32 Å². The Morgan fingerprint density at radius 1 is 1.28 bits per heavy atom. The van der Waals surface area contributed by atoms with Crippen molar-refractivity contribution in [3.05, 3.63) is 100 Å². The van der Waals surface area contributed by atoms with Crippen molar-refractivity contribution < 1.29 is 4.79 Å². The number of hydrogen-bond acceptors (Lipinski definition) is 4. The normalized spacial score (nSPS) is 11.9. The Hall–Kier alpha value is -3.48. The van der Waals surface area contributed by atoms with E-state index in [0.717, 1.165) is 33.5 Å². The van der Waals surface area contributed by atoms with Crippen molar-refractivity contribution in [3.63, 3.8) is 0 Å². The maximum atomic E-state index is 12.7. The van der Waals surface area contributed by atoms with E-state index in [1.54, 1.807) is 35.1 Å². The van der Waals surface area contributed by atoms with Gasteiger partial charge in [-0.25, -0.2) is 9.50 Å². The van der Waals surface area contributed by atoms with Crippen LogP contribution in [-0.4, -0.2) is 20.5 Å². The lowest BCUT2D eigenvalue weighted by Crippen LogP contribution is -2.10. The van der Waals surface area contributed by atoms with E-state index in [1.165, 1.54) is 11.3 Å². The number of nitrogens with zero attached hydrogens (tertiary/aromatic N) is 3. The van der Waals surface area contributed by atoms with Gasteiger partial charge in [-0.15, -0.1) is 11.3 Å². The minimum absolute atomic E-state index is 0.167. The van der Waals surface area contributed by atoms with E-state index < -0.39 is 0 Å². The number of benzene rings is 1. The summed E-state index contributed by atoms with van der Waals surface area (Å²) in [6.45, 7) is 7.74. The average Bonchev–Trinajstić information content (AvgIpc) is 3.43. The number of hydrogen-bond donors (Lipinski definition) is 1. The number of nitrogens with one attached hydrogen (secondary N) is 1. The van der Waals surface area contributed by atoms with Gasteiger partial charge in [-0.3, -0.25) is 4.79 Å². The molecule has 3 heterocycles. The third-order valence-electron chi connectivity index (χ3n) is 4.93. The zero-order chi connectivity index (χ0) is 22.7. The number of rotatable bonds is 6. The number of halogens is 1. The van der Waals surface area contributed by atoms with Crippen LogP contribution in [0.2, 0.25) is 5.02 Å². The molecule has 1 aromatic carbocycles. The molecule has 32 heavy (non-hydrogen) atoms. The summed E-state index contributed by atoms with van der Waals surface area (Å²) in [6, 6.07) is 7.27. The predicted molar refractivity (Wildman–Crippen MR) is 133 cm³/mol. The SMILES string of the molecule is C=C/C(=C\C=C/C)c1cnc2c(-c3csc(C(=O)Nc4ccc(Cl)c(C)c4)c3)cnn2c1. The van der Waals surface area contributed by atoms with Crippen LogP contribution in [0.5, 0.6) is 0 Å². The van der Waals surface area contributed by atoms with Gasteiger partial charge in [0.05, 0.1) is 11.1 Å². The Bertz CT molecular complexity index is 1380. The molecule has 0 atom stereocenters. The second-order valence-electron chi connectivity index (χ2n) is 7.14. The smallest absolute Gasteiger partial charge is 0.265 e. The fraction of sp³-hybridized carbons (Fsp3) is 0.0800. The summed E-state index contributed by atoms with van der Waals surface area (Å²) < 4.78 is 1.74. The number of fused-ring (bicyclic) bond motifs is 1. The van der Waals surface area contributed by atoms with Crippen molar-refractivity contribution >= 4 is 45.8 Å². The maximum absolute atomic E-state index is 12.7. The summed E-state index contributed by atoms with van der Waals surface area (Å²) >= 11 is 7.44. The standard InChI is InChI=1S/C25H21ClN4OS/c1-4-6-7-17(5-2)19-12-27-24-21(13-28-30(24)14-19)18-11-23(32-15-18)25(31)29-20-8-9-22(26)16(3)10-20/h4-15H,2H2,1,3H3,(H,29,31)/b6-4-,17-7+. The molecular weight excluding hydrogens is 440 g/mol. The largest absolute Gasteiger partial charge is 0.321 e. The van der Waals surface area contributed by atoms with Gasteiger partial charge in [0.2, 0.25) is 0 Å². The van der Waals surface area contributed by atoms with E-state index in [0.29, 0.717) is 15.6 Å². The van der Waals surface area contributed by atoms with Crippen LogP contribution in [0.4, 0.5) is 5.69 Å². The second-order valence-corrected chi connectivity index (χ2v) is 8.46. The Labute approximate surface area is 195 Å². The summed E-state index contributed by atoms with van der Waals surface area (Å²) in [5.74, 6) is -0.167. The molecule has 3 aromatic heterocycles. The van der Waals surface area contributed by atoms with Gasteiger partial charge in [0.15, 0.2) is 5.65 Å². The van der Waals surface area contributed by atoms with Crippen molar-refractivity contribution in [2.45, 2.75) is 13.8 Å². The second kappa shape index (κ2) is 9.34. The number of aromatic nitrogens is 3. The highest BCUT2D eigenvalue weighted by Crippen LogP contribution is 2.30. The van der Waals surface area contributed by atoms with E-state index in [-0.39, 0.29) is 5.91 Å². The quantitative estimate of drug-likeness (QED) is 0.321. The molecular formula is C25H21ClN4OS. The van der Waals surface area contributed by atoms with Crippen LogP contribution in [-0.2, 0) is 0 Å².